The molecule has 342 valence electrons. The van der Waals surface area contributed by atoms with Crippen LogP contribution in [0.25, 0.3) is 5.52 Å². The normalized spacial score (nSPS) is 16.8. The van der Waals surface area contributed by atoms with Gasteiger partial charge in [-0.1, -0.05) is 166 Å². The Balaban J connectivity index is 1.15. The molecule has 10 heteroatoms. The van der Waals surface area contributed by atoms with Crippen molar-refractivity contribution in [2.45, 2.75) is 74.8 Å². The Bertz CT molecular complexity index is 2770. The maximum atomic E-state index is 7.79. The van der Waals surface area contributed by atoms with Crippen molar-refractivity contribution in [2.75, 3.05) is 26.1 Å². The second-order valence-corrected chi connectivity index (χ2v) is 23.6. The number of benzene rings is 6. The molecule has 0 saturated carbocycles. The highest BCUT2D eigenvalue weighted by Gasteiger charge is 2.48. The zero-order chi connectivity index (χ0) is 46.7. The number of hydrogen-bond acceptors (Lipinski definition) is 8. The highest BCUT2D eigenvalue weighted by Crippen LogP contribution is 2.48. The summed E-state index contributed by atoms with van der Waals surface area (Å²) in [6, 6.07) is 62.6. The van der Waals surface area contributed by atoms with E-state index in [4.69, 9.17) is 33.5 Å². The van der Waals surface area contributed by atoms with Crippen LogP contribution in [0.15, 0.2) is 188 Å². The van der Waals surface area contributed by atoms with Crippen LogP contribution in [-0.2, 0) is 25.0 Å². The first-order valence-corrected chi connectivity index (χ1v) is 26.0. The van der Waals surface area contributed by atoms with E-state index in [0.717, 1.165) is 56.1 Å². The van der Waals surface area contributed by atoms with Gasteiger partial charge in [-0.3, -0.25) is 0 Å². The summed E-state index contributed by atoms with van der Waals surface area (Å²) in [5.41, 5.74) is 5.97. The SMILES string of the molecule is COc1ccc(C(Nc2ncnn3c([C@H]4C[C@H](OC(c5ccccc5)(c5ccccc5)c5ccc(OC)cc5)[C@@H](CO[Si](C)(C)C(C)(C)C)O4)ccc23)(c2ccccc2)c2ccccc2)cc1. The van der Waals surface area contributed by atoms with E-state index in [9.17, 15) is 0 Å². The summed E-state index contributed by atoms with van der Waals surface area (Å²) in [6.07, 6.45) is 0.965. The van der Waals surface area contributed by atoms with Gasteiger partial charge in [0.15, 0.2) is 14.1 Å². The molecule has 0 bridgehead atoms. The molecule has 1 fully saturated rings. The van der Waals surface area contributed by atoms with E-state index < -0.39 is 37.8 Å². The third-order valence-corrected chi connectivity index (χ3v) is 18.4. The topological polar surface area (TPSA) is 88.4 Å². The zero-order valence-corrected chi connectivity index (χ0v) is 40.4. The van der Waals surface area contributed by atoms with Gasteiger partial charge in [-0.2, -0.15) is 5.10 Å². The van der Waals surface area contributed by atoms with Gasteiger partial charge in [0.1, 0.15) is 46.7 Å². The molecular formula is C57H60N4O5Si. The monoisotopic (exact) mass is 908 g/mol. The summed E-state index contributed by atoms with van der Waals surface area (Å²) >= 11 is 0. The first kappa shape index (κ1) is 45.6. The molecule has 0 spiro atoms. The number of ether oxygens (including phenoxy) is 4. The minimum atomic E-state index is -2.21. The van der Waals surface area contributed by atoms with Crippen LogP contribution in [0.3, 0.4) is 0 Å². The van der Waals surface area contributed by atoms with Crippen LogP contribution in [0.1, 0.15) is 72.4 Å². The van der Waals surface area contributed by atoms with Crippen LogP contribution in [0.4, 0.5) is 5.82 Å². The Morgan fingerprint density at radius 3 is 1.57 bits per heavy atom. The summed E-state index contributed by atoms with van der Waals surface area (Å²) < 4.78 is 35.2. The number of hydrogen-bond donors (Lipinski definition) is 1. The molecule has 8 aromatic rings. The van der Waals surface area contributed by atoms with Crippen molar-refractivity contribution in [1.82, 2.24) is 14.6 Å². The van der Waals surface area contributed by atoms with Crippen molar-refractivity contribution in [3.05, 3.63) is 227 Å². The van der Waals surface area contributed by atoms with E-state index in [2.05, 4.69) is 173 Å². The number of nitrogens with one attached hydrogen (secondary N) is 1. The van der Waals surface area contributed by atoms with E-state index in [-0.39, 0.29) is 5.04 Å². The molecule has 6 aromatic carbocycles. The molecule has 1 saturated heterocycles. The third-order valence-electron chi connectivity index (χ3n) is 13.9. The molecule has 0 radical (unpaired) electrons. The Labute approximate surface area is 395 Å². The summed E-state index contributed by atoms with van der Waals surface area (Å²) in [7, 11) is 1.17. The van der Waals surface area contributed by atoms with E-state index in [1.165, 1.54) is 0 Å². The molecule has 67 heavy (non-hydrogen) atoms. The predicted octanol–water partition coefficient (Wildman–Crippen LogP) is 12.4. The van der Waals surface area contributed by atoms with Crippen molar-refractivity contribution in [1.29, 1.82) is 0 Å². The minimum Gasteiger partial charge on any atom is -0.497 e. The first-order valence-electron chi connectivity index (χ1n) is 23.1. The minimum absolute atomic E-state index is 0.000875. The van der Waals surface area contributed by atoms with Gasteiger partial charge in [-0.25, -0.2) is 9.50 Å². The van der Waals surface area contributed by atoms with Gasteiger partial charge in [0.05, 0.1) is 32.6 Å². The molecule has 0 aliphatic carbocycles. The molecule has 9 nitrogen and oxygen atoms in total. The predicted molar refractivity (Wildman–Crippen MR) is 268 cm³/mol. The Kier molecular flexibility index (Phi) is 12.9. The number of aromatic nitrogens is 3. The number of fused-ring (bicyclic) bond motifs is 1. The summed E-state index contributed by atoms with van der Waals surface area (Å²) in [6.45, 7) is 11.7. The van der Waals surface area contributed by atoms with Crippen molar-refractivity contribution in [3.8, 4) is 11.5 Å². The van der Waals surface area contributed by atoms with Crippen LogP contribution in [0.5, 0.6) is 11.5 Å². The average molecular weight is 909 g/mol. The maximum absolute atomic E-state index is 7.79. The lowest BCUT2D eigenvalue weighted by Crippen LogP contribution is -2.46. The van der Waals surface area contributed by atoms with E-state index in [1.54, 1.807) is 20.5 Å². The summed E-state index contributed by atoms with van der Waals surface area (Å²) in [5.74, 6) is 2.22. The Hall–Kier alpha value is -6.56. The van der Waals surface area contributed by atoms with Crippen LogP contribution < -0.4 is 14.8 Å². The quantitative estimate of drug-likeness (QED) is 0.0758. The Morgan fingerprint density at radius 1 is 0.612 bits per heavy atom. The third kappa shape index (κ3) is 8.78. The van der Waals surface area contributed by atoms with Crippen LogP contribution in [-0.4, -0.2) is 55.9 Å². The first-order chi connectivity index (χ1) is 32.5. The highest BCUT2D eigenvalue weighted by atomic mass is 28.4. The second-order valence-electron chi connectivity index (χ2n) is 18.8. The van der Waals surface area contributed by atoms with Gasteiger partial charge >= 0.3 is 0 Å². The fourth-order valence-electron chi connectivity index (χ4n) is 9.19. The molecule has 0 amide bonds. The lowest BCUT2D eigenvalue weighted by molar-refractivity contribution is -0.0932. The molecule has 0 unspecified atom stereocenters. The van der Waals surface area contributed by atoms with Gasteiger partial charge in [-0.05, 0) is 87.9 Å². The van der Waals surface area contributed by atoms with Gasteiger partial charge < -0.3 is 28.7 Å². The molecular weight excluding hydrogens is 849 g/mol. The van der Waals surface area contributed by atoms with Crippen molar-refractivity contribution in [2.24, 2.45) is 0 Å². The van der Waals surface area contributed by atoms with Crippen LogP contribution in [0, 0.1) is 0 Å². The average Bonchev–Trinajstić information content (AvgIpc) is 3.99. The second kappa shape index (κ2) is 19.0. The zero-order valence-electron chi connectivity index (χ0n) is 39.4. The van der Waals surface area contributed by atoms with Crippen LogP contribution >= 0.6 is 0 Å². The Morgan fingerprint density at radius 2 is 1.07 bits per heavy atom. The van der Waals surface area contributed by atoms with Crippen molar-refractivity contribution >= 4 is 19.7 Å². The molecule has 9 rings (SSSR count). The van der Waals surface area contributed by atoms with E-state index in [1.807, 2.05) is 53.0 Å². The van der Waals surface area contributed by atoms with Crippen molar-refractivity contribution < 1.29 is 23.4 Å². The van der Waals surface area contributed by atoms with Gasteiger partial charge in [0.25, 0.3) is 0 Å². The van der Waals surface area contributed by atoms with Crippen molar-refractivity contribution in [3.63, 3.8) is 0 Å². The van der Waals surface area contributed by atoms with Gasteiger partial charge in [0, 0.05) is 6.42 Å². The van der Waals surface area contributed by atoms with Crippen LogP contribution in [0.2, 0.25) is 18.1 Å². The molecule has 3 heterocycles. The van der Waals surface area contributed by atoms with Gasteiger partial charge in [-0.15, -0.1) is 0 Å². The largest absolute Gasteiger partial charge is 0.497 e. The fraction of sp³-hybridized carbons (Fsp3) is 0.263. The highest BCUT2D eigenvalue weighted by molar-refractivity contribution is 6.74. The summed E-state index contributed by atoms with van der Waals surface area (Å²) in [4.78, 5) is 4.96. The molecule has 1 aliphatic rings. The van der Waals surface area contributed by atoms with E-state index in [0.29, 0.717) is 18.8 Å². The molecule has 3 atom stereocenters. The smallest absolute Gasteiger partial charge is 0.192 e. The molecule has 2 aromatic heterocycles. The van der Waals surface area contributed by atoms with Gasteiger partial charge in [0.2, 0.25) is 0 Å². The fourth-order valence-corrected chi connectivity index (χ4v) is 10.2. The lowest BCUT2D eigenvalue weighted by atomic mass is 9.77. The maximum Gasteiger partial charge on any atom is 0.192 e. The lowest BCUT2D eigenvalue weighted by Gasteiger charge is -2.40. The number of methoxy groups -OCH3 is 2. The number of rotatable bonds is 16. The summed E-state index contributed by atoms with van der Waals surface area (Å²) in [5, 5.41) is 8.90. The standard InChI is InChI=1S/C57H60N4O5Si/c1-55(2,3)67(6,7)64-39-53-52(66-57(44-24-16-10-17-25-44,45-26-18-11-19-27-45)46-30-34-48(63-5)35-31-46)38-51(65-53)49-36-37-50-54(58-40-59-61(49)50)60-56(41-20-12-8-13-21-41,42-22-14-9-15-23-42)43-28-32-47(62-4)33-29-43/h8-37,40,51-53H,38-39H2,1-7H3,(H,58,59,60)/t51-,52+,53-/m1/s1. The molecule has 1 aliphatic heterocycles. The molecule has 1 N–H and O–H groups in total. The van der Waals surface area contributed by atoms with E-state index >= 15 is 0 Å². The number of nitrogens with zero attached hydrogens (tertiary/aromatic N) is 3. The number of anilines is 1.